The van der Waals surface area contributed by atoms with Gasteiger partial charge in [-0.25, -0.2) is 9.97 Å². The van der Waals surface area contributed by atoms with Crippen molar-refractivity contribution in [1.82, 2.24) is 9.97 Å². The van der Waals surface area contributed by atoms with E-state index in [0.717, 1.165) is 26.4 Å². The number of aliphatic carboxylic acids is 1. The molecule has 1 N–H and O–H groups in total. The number of fused-ring (bicyclic) bond motifs is 1. The summed E-state index contributed by atoms with van der Waals surface area (Å²) < 4.78 is 0. The third-order valence-electron chi connectivity index (χ3n) is 3.05. The van der Waals surface area contributed by atoms with Gasteiger partial charge in [0, 0.05) is 21.7 Å². The largest absolute Gasteiger partial charge is 0.481 e. The minimum Gasteiger partial charge on any atom is -0.481 e. The van der Waals surface area contributed by atoms with Crippen LogP contribution in [0.25, 0.3) is 21.3 Å². The van der Waals surface area contributed by atoms with Crippen molar-refractivity contribution in [3.63, 3.8) is 0 Å². The van der Waals surface area contributed by atoms with E-state index in [4.69, 9.17) is 16.7 Å². The van der Waals surface area contributed by atoms with E-state index in [1.807, 2.05) is 29.6 Å². The molecule has 2 aromatic heterocycles. The Morgan fingerprint density at radius 1 is 1.27 bits per heavy atom. The summed E-state index contributed by atoms with van der Waals surface area (Å²) in [5.74, 6) is -0.321. The van der Waals surface area contributed by atoms with Gasteiger partial charge >= 0.3 is 5.97 Å². The normalized spacial score (nSPS) is 11.0. The van der Waals surface area contributed by atoms with Gasteiger partial charge in [-0.15, -0.1) is 23.1 Å². The summed E-state index contributed by atoms with van der Waals surface area (Å²) in [5, 5.41) is 13.3. The Balaban J connectivity index is 2.00. The Kier molecular flexibility index (Phi) is 4.61. The van der Waals surface area contributed by atoms with Crippen LogP contribution in [-0.4, -0.2) is 26.8 Å². The fraction of sp³-hybridized carbons (Fsp3) is 0.133. The molecule has 4 nitrogen and oxygen atoms in total. The predicted molar refractivity (Wildman–Crippen MR) is 90.8 cm³/mol. The topological polar surface area (TPSA) is 63.1 Å². The zero-order valence-corrected chi connectivity index (χ0v) is 13.7. The second-order valence-corrected chi connectivity index (χ2v) is 6.89. The lowest BCUT2D eigenvalue weighted by molar-refractivity contribution is -0.136. The molecule has 0 bridgehead atoms. The summed E-state index contributed by atoms with van der Waals surface area (Å²) in [6.45, 7) is 0. The molecule has 22 heavy (non-hydrogen) atoms. The van der Waals surface area contributed by atoms with Crippen molar-refractivity contribution in [2.75, 3.05) is 5.75 Å². The van der Waals surface area contributed by atoms with Crippen LogP contribution in [0, 0.1) is 0 Å². The number of thiophene rings is 1. The van der Waals surface area contributed by atoms with E-state index in [2.05, 4.69) is 9.97 Å². The molecule has 0 unspecified atom stereocenters. The summed E-state index contributed by atoms with van der Waals surface area (Å²) in [6, 6.07) is 7.62. The van der Waals surface area contributed by atoms with Crippen molar-refractivity contribution >= 4 is 50.9 Å². The summed E-state index contributed by atoms with van der Waals surface area (Å²) in [5.41, 5.74) is 2.10. The zero-order chi connectivity index (χ0) is 15.5. The van der Waals surface area contributed by atoms with Crippen LogP contribution in [0.3, 0.4) is 0 Å². The lowest BCUT2D eigenvalue weighted by Crippen LogP contribution is -1.96. The van der Waals surface area contributed by atoms with Gasteiger partial charge in [0.05, 0.1) is 11.8 Å². The van der Waals surface area contributed by atoms with Gasteiger partial charge in [-0.05, 0) is 17.7 Å². The maximum atomic E-state index is 10.7. The molecule has 2 heterocycles. The fourth-order valence-corrected chi connectivity index (χ4v) is 4.08. The van der Waals surface area contributed by atoms with Crippen molar-refractivity contribution in [2.45, 2.75) is 11.4 Å². The zero-order valence-electron chi connectivity index (χ0n) is 11.3. The highest BCUT2D eigenvalue weighted by Crippen LogP contribution is 2.38. The Hall–Kier alpha value is -1.63. The molecule has 0 atom stereocenters. The molecule has 0 aliphatic rings. The molecule has 3 rings (SSSR count). The average molecular weight is 351 g/mol. The van der Waals surface area contributed by atoms with Crippen LogP contribution in [0.2, 0.25) is 5.02 Å². The Bertz CT molecular complexity index is 818. The van der Waals surface area contributed by atoms with E-state index < -0.39 is 5.97 Å². The first-order chi connectivity index (χ1) is 10.6. The minimum atomic E-state index is -0.805. The molecule has 0 saturated heterocycles. The number of nitrogens with zero attached hydrogens (tertiary/aromatic N) is 2. The van der Waals surface area contributed by atoms with Crippen LogP contribution < -0.4 is 0 Å². The smallest absolute Gasteiger partial charge is 0.304 e. The maximum Gasteiger partial charge on any atom is 0.304 e. The van der Waals surface area contributed by atoms with Crippen molar-refractivity contribution in [3.8, 4) is 11.1 Å². The average Bonchev–Trinajstić information content (AvgIpc) is 2.93. The van der Waals surface area contributed by atoms with Gasteiger partial charge < -0.3 is 5.11 Å². The lowest BCUT2D eigenvalue weighted by atomic mass is 10.1. The molecule has 112 valence electrons. The second-order valence-electron chi connectivity index (χ2n) is 4.51. The summed E-state index contributed by atoms with van der Waals surface area (Å²) >= 11 is 8.94. The Morgan fingerprint density at radius 2 is 2.05 bits per heavy atom. The fourth-order valence-electron chi connectivity index (χ4n) is 2.03. The van der Waals surface area contributed by atoms with E-state index in [1.165, 1.54) is 18.1 Å². The highest BCUT2D eigenvalue weighted by Gasteiger charge is 2.13. The summed E-state index contributed by atoms with van der Waals surface area (Å²) in [7, 11) is 0. The van der Waals surface area contributed by atoms with Crippen molar-refractivity contribution in [3.05, 3.63) is 41.0 Å². The molecule has 0 aliphatic heterocycles. The third-order valence-corrected chi connectivity index (χ3v) is 5.17. The van der Waals surface area contributed by atoms with E-state index in [1.54, 1.807) is 11.3 Å². The molecule has 0 fully saturated rings. The van der Waals surface area contributed by atoms with E-state index in [0.29, 0.717) is 10.8 Å². The number of carboxylic acids is 1. The van der Waals surface area contributed by atoms with Crippen LogP contribution in [-0.2, 0) is 4.79 Å². The molecule has 1 aromatic carbocycles. The predicted octanol–water partition coefficient (Wildman–Crippen LogP) is 4.58. The molecule has 3 aromatic rings. The van der Waals surface area contributed by atoms with Crippen molar-refractivity contribution in [2.24, 2.45) is 0 Å². The monoisotopic (exact) mass is 350 g/mol. The van der Waals surface area contributed by atoms with Gasteiger partial charge in [-0.3, -0.25) is 4.79 Å². The number of carboxylic acid groups (broad SMARTS) is 1. The molecule has 7 heteroatoms. The van der Waals surface area contributed by atoms with Crippen LogP contribution in [0.15, 0.2) is 41.0 Å². The van der Waals surface area contributed by atoms with E-state index >= 15 is 0 Å². The lowest BCUT2D eigenvalue weighted by Gasteiger charge is -2.04. The maximum absolute atomic E-state index is 10.7. The van der Waals surface area contributed by atoms with Gasteiger partial charge in [0.25, 0.3) is 0 Å². The van der Waals surface area contributed by atoms with Gasteiger partial charge in [-0.2, -0.15) is 0 Å². The quantitative estimate of drug-likeness (QED) is 0.539. The molecule has 0 aliphatic carbocycles. The van der Waals surface area contributed by atoms with Gasteiger partial charge in [0.2, 0.25) is 0 Å². The first kappa shape index (κ1) is 15.3. The third kappa shape index (κ3) is 3.24. The number of carbonyl (C=O) groups is 1. The van der Waals surface area contributed by atoms with Crippen molar-refractivity contribution in [1.29, 1.82) is 0 Å². The number of aromatic nitrogens is 2. The van der Waals surface area contributed by atoms with Crippen molar-refractivity contribution < 1.29 is 9.90 Å². The standard InChI is InChI=1S/C15H11ClN2O2S2/c16-10-3-1-9(2-4-10)11-7-22-15-13(11)14(17-8-18-15)21-6-5-12(19)20/h1-4,7-8H,5-6H2,(H,19,20). The Labute approximate surface area is 140 Å². The van der Waals surface area contributed by atoms with Crippen LogP contribution in [0.4, 0.5) is 0 Å². The molecule has 0 spiro atoms. The van der Waals surface area contributed by atoms with Gasteiger partial charge in [-0.1, -0.05) is 23.7 Å². The number of hydrogen-bond acceptors (Lipinski definition) is 5. The highest BCUT2D eigenvalue weighted by atomic mass is 35.5. The first-order valence-corrected chi connectivity index (χ1v) is 8.72. The molecule has 0 amide bonds. The van der Waals surface area contributed by atoms with Crippen LogP contribution >= 0.6 is 34.7 Å². The highest BCUT2D eigenvalue weighted by molar-refractivity contribution is 7.99. The molecule has 0 saturated carbocycles. The SMILES string of the molecule is O=C(O)CCSc1ncnc2scc(-c3ccc(Cl)cc3)c12. The summed E-state index contributed by atoms with van der Waals surface area (Å²) in [4.78, 5) is 20.2. The summed E-state index contributed by atoms with van der Waals surface area (Å²) in [6.07, 6.45) is 1.63. The number of rotatable bonds is 5. The Morgan fingerprint density at radius 3 is 2.77 bits per heavy atom. The second kappa shape index (κ2) is 6.64. The number of thioether (sulfide) groups is 1. The van der Waals surface area contributed by atoms with Crippen LogP contribution in [0.5, 0.6) is 0 Å². The number of benzene rings is 1. The van der Waals surface area contributed by atoms with Crippen LogP contribution in [0.1, 0.15) is 6.42 Å². The minimum absolute atomic E-state index is 0.108. The van der Waals surface area contributed by atoms with Gasteiger partial charge in [0.1, 0.15) is 16.2 Å². The number of halogens is 1. The van der Waals surface area contributed by atoms with E-state index in [9.17, 15) is 4.79 Å². The van der Waals surface area contributed by atoms with Gasteiger partial charge in [0.15, 0.2) is 0 Å². The molecule has 0 radical (unpaired) electrons. The van der Waals surface area contributed by atoms with E-state index in [-0.39, 0.29) is 6.42 Å². The number of hydrogen-bond donors (Lipinski definition) is 1. The molecular formula is C15H11ClN2O2S2. The molecular weight excluding hydrogens is 340 g/mol. The first-order valence-electron chi connectivity index (χ1n) is 6.48.